The lowest BCUT2D eigenvalue weighted by molar-refractivity contribution is -0.118. The molecule has 0 aliphatic heterocycles. The molecule has 2 aromatic heterocycles. The van der Waals surface area contributed by atoms with Crippen LogP contribution in [0.4, 0.5) is 13.9 Å². The lowest BCUT2D eigenvalue weighted by atomic mass is 10.0. The minimum atomic E-state index is -1.09. The number of carbonyl (C=O) groups excluding carboxylic acids is 2. The number of hydrogen-bond donors (Lipinski definition) is 3. The molecule has 0 unspecified atom stereocenters. The number of alkyl halides is 1. The lowest BCUT2D eigenvalue weighted by Gasteiger charge is -2.12. The number of nitrogens with zero attached hydrogens (tertiary/aromatic N) is 2. The largest absolute Gasteiger partial charge is 0.358 e. The number of thioether (sulfide) groups is 1. The molecular weight excluding hydrogens is 492 g/mol. The Morgan fingerprint density at radius 3 is 2.91 bits per heavy atom. The summed E-state index contributed by atoms with van der Waals surface area (Å²) >= 11 is 8.74. The van der Waals surface area contributed by atoms with E-state index < -0.39 is 17.9 Å². The van der Waals surface area contributed by atoms with Gasteiger partial charge < -0.3 is 10.6 Å². The van der Waals surface area contributed by atoms with Gasteiger partial charge in [0.05, 0.1) is 43.5 Å². The Labute approximate surface area is 199 Å². The second-order valence-corrected chi connectivity index (χ2v) is 9.90. The maximum absolute atomic E-state index is 15.3. The smallest absolute Gasteiger partial charge is 0.232 e. The van der Waals surface area contributed by atoms with Crippen LogP contribution in [0.25, 0.3) is 32.2 Å². The third kappa shape index (κ3) is 4.04. The van der Waals surface area contributed by atoms with Gasteiger partial charge in [-0.1, -0.05) is 29.0 Å². The molecule has 1 fully saturated rings. The summed E-state index contributed by atoms with van der Waals surface area (Å²) in [7, 11) is 1.51. The first-order valence-corrected chi connectivity index (χ1v) is 12.1. The fourth-order valence-corrected chi connectivity index (χ4v) is 5.70. The molecule has 3 N–H and O–H groups in total. The third-order valence-electron chi connectivity index (χ3n) is 5.33. The number of thiazole rings is 1. The molecule has 0 spiro atoms. The molecule has 170 valence electrons. The Morgan fingerprint density at radius 2 is 2.18 bits per heavy atom. The van der Waals surface area contributed by atoms with Crippen LogP contribution in [0.3, 0.4) is 0 Å². The Balaban J connectivity index is 1.52. The first-order valence-electron chi connectivity index (χ1n) is 9.90. The van der Waals surface area contributed by atoms with Gasteiger partial charge in [-0.2, -0.15) is 5.10 Å². The van der Waals surface area contributed by atoms with Gasteiger partial charge in [-0.05, 0) is 24.1 Å². The number of rotatable bonds is 6. The summed E-state index contributed by atoms with van der Waals surface area (Å²) in [6.45, 7) is 0. The molecule has 2 aromatic carbocycles. The number of aromatic amines is 1. The Kier molecular flexibility index (Phi) is 5.71. The average Bonchev–Trinajstić information content (AvgIpc) is 3.17. The predicted molar refractivity (Wildman–Crippen MR) is 126 cm³/mol. The van der Waals surface area contributed by atoms with Crippen molar-refractivity contribution in [2.45, 2.75) is 17.5 Å². The number of hydrogen-bond acceptors (Lipinski definition) is 6. The molecule has 4 aromatic rings. The van der Waals surface area contributed by atoms with Crippen LogP contribution >= 0.6 is 34.7 Å². The molecule has 0 saturated heterocycles. The molecule has 33 heavy (non-hydrogen) atoms. The molecule has 0 bridgehead atoms. The number of nitrogens with one attached hydrogen (secondary N) is 3. The highest BCUT2D eigenvalue weighted by Gasteiger charge is 2.43. The molecule has 1 aliphatic rings. The van der Waals surface area contributed by atoms with Crippen LogP contribution in [0.2, 0.25) is 5.02 Å². The van der Waals surface area contributed by atoms with Gasteiger partial charge in [-0.15, -0.1) is 11.8 Å². The van der Waals surface area contributed by atoms with E-state index >= 15 is 4.39 Å². The fraction of sp³-hybridized carbons (Fsp3) is 0.238. The zero-order valence-corrected chi connectivity index (χ0v) is 19.4. The van der Waals surface area contributed by atoms with Crippen LogP contribution in [-0.4, -0.2) is 46.0 Å². The monoisotopic (exact) mass is 507 g/mol. The second-order valence-electron chi connectivity index (χ2n) is 7.50. The zero-order valence-electron chi connectivity index (χ0n) is 17.0. The van der Waals surface area contributed by atoms with E-state index in [2.05, 4.69) is 25.8 Å². The lowest BCUT2D eigenvalue weighted by Crippen LogP contribution is -2.19. The van der Waals surface area contributed by atoms with E-state index in [1.807, 2.05) is 6.07 Å². The van der Waals surface area contributed by atoms with Crippen molar-refractivity contribution in [3.63, 3.8) is 0 Å². The van der Waals surface area contributed by atoms with Crippen LogP contribution in [0.15, 0.2) is 29.3 Å². The number of amides is 2. The van der Waals surface area contributed by atoms with Gasteiger partial charge >= 0.3 is 0 Å². The zero-order chi connectivity index (χ0) is 23.3. The number of H-pyrrole nitrogens is 1. The topological polar surface area (TPSA) is 99.8 Å². The summed E-state index contributed by atoms with van der Waals surface area (Å²) in [4.78, 5) is 28.2. The van der Waals surface area contributed by atoms with Crippen molar-refractivity contribution in [3.05, 3.63) is 35.2 Å². The van der Waals surface area contributed by atoms with Crippen molar-refractivity contribution < 1.29 is 18.4 Å². The van der Waals surface area contributed by atoms with Crippen LogP contribution in [-0.2, 0) is 9.59 Å². The van der Waals surface area contributed by atoms with Crippen LogP contribution in [0.1, 0.15) is 6.42 Å². The summed E-state index contributed by atoms with van der Waals surface area (Å²) < 4.78 is 29.1. The van der Waals surface area contributed by atoms with Crippen molar-refractivity contribution in [2.24, 2.45) is 5.92 Å². The standard InChI is InChI=1S/C21H16ClF2N5O2S2/c1-25-14(30)7-32-19-17(24)16(22)15(10-6-26-29-18(10)19)8-2-3-12-13(4-8)33-21(27-12)28-20(31)9-5-11(9)23/h2-4,6,9,11H,5,7H2,1H3,(H,25,30)(H,26,29)(H,27,28,31)/t9-,11+/m1/s1. The van der Waals surface area contributed by atoms with Gasteiger partial charge in [0.25, 0.3) is 0 Å². The molecule has 1 aliphatic carbocycles. The van der Waals surface area contributed by atoms with Gasteiger partial charge in [0.1, 0.15) is 6.17 Å². The first kappa shape index (κ1) is 22.1. The maximum Gasteiger partial charge on any atom is 0.232 e. The predicted octanol–water partition coefficient (Wildman–Crippen LogP) is 4.77. The SMILES string of the molecule is CNC(=O)CSc1c(F)c(Cl)c(-c2ccc3nc(NC(=O)[C@@H]4C[C@@H]4F)sc3c2)c2cn[nH]c12. The fourth-order valence-electron chi connectivity index (χ4n) is 3.48. The average molecular weight is 508 g/mol. The summed E-state index contributed by atoms with van der Waals surface area (Å²) in [5.74, 6) is -1.84. The number of aromatic nitrogens is 3. The molecule has 0 radical (unpaired) electrons. The molecule has 2 heterocycles. The van der Waals surface area contributed by atoms with E-state index in [9.17, 15) is 14.0 Å². The Bertz CT molecular complexity index is 1420. The van der Waals surface area contributed by atoms with Crippen molar-refractivity contribution in [1.82, 2.24) is 20.5 Å². The van der Waals surface area contributed by atoms with E-state index in [1.165, 1.54) is 18.4 Å². The van der Waals surface area contributed by atoms with Gasteiger partial charge in [0, 0.05) is 18.0 Å². The maximum atomic E-state index is 15.3. The van der Waals surface area contributed by atoms with Crippen molar-refractivity contribution >= 4 is 72.8 Å². The number of carbonyl (C=O) groups is 2. The van der Waals surface area contributed by atoms with Gasteiger partial charge in [0.15, 0.2) is 10.9 Å². The molecular formula is C21H16ClF2N5O2S2. The van der Waals surface area contributed by atoms with E-state index in [-0.39, 0.29) is 33.9 Å². The number of halogens is 3. The van der Waals surface area contributed by atoms with Crippen LogP contribution < -0.4 is 10.6 Å². The quantitative estimate of drug-likeness (QED) is 0.326. The minimum Gasteiger partial charge on any atom is -0.358 e. The highest BCUT2D eigenvalue weighted by Crippen LogP contribution is 2.43. The first-order chi connectivity index (χ1) is 15.9. The van der Waals surface area contributed by atoms with Crippen LogP contribution in [0.5, 0.6) is 0 Å². The highest BCUT2D eigenvalue weighted by molar-refractivity contribution is 8.00. The number of anilines is 1. The van der Waals surface area contributed by atoms with Gasteiger partial charge in [-0.25, -0.2) is 13.8 Å². The van der Waals surface area contributed by atoms with E-state index in [0.717, 1.165) is 16.5 Å². The van der Waals surface area contributed by atoms with Gasteiger partial charge in [-0.3, -0.25) is 14.7 Å². The van der Waals surface area contributed by atoms with Gasteiger partial charge in [0.2, 0.25) is 11.8 Å². The second kappa shape index (κ2) is 8.54. The van der Waals surface area contributed by atoms with E-state index in [4.69, 9.17) is 11.6 Å². The molecule has 5 rings (SSSR count). The normalized spacial score (nSPS) is 17.5. The van der Waals surface area contributed by atoms with E-state index in [1.54, 1.807) is 18.3 Å². The van der Waals surface area contributed by atoms with Crippen molar-refractivity contribution in [3.8, 4) is 11.1 Å². The van der Waals surface area contributed by atoms with E-state index in [0.29, 0.717) is 32.7 Å². The summed E-state index contributed by atoms with van der Waals surface area (Å²) in [5, 5.41) is 12.9. The highest BCUT2D eigenvalue weighted by atomic mass is 35.5. The molecule has 7 nitrogen and oxygen atoms in total. The number of fused-ring (bicyclic) bond motifs is 2. The van der Waals surface area contributed by atoms with Crippen molar-refractivity contribution in [2.75, 3.05) is 18.1 Å². The summed E-state index contributed by atoms with van der Waals surface area (Å²) in [5.41, 5.74) is 2.20. The van der Waals surface area contributed by atoms with Crippen LogP contribution in [0, 0.1) is 11.7 Å². The molecule has 2 atom stereocenters. The minimum absolute atomic E-state index is 0.0303. The van der Waals surface area contributed by atoms with Crippen molar-refractivity contribution in [1.29, 1.82) is 0 Å². The Hall–Kier alpha value is -2.76. The molecule has 2 amide bonds. The summed E-state index contributed by atoms with van der Waals surface area (Å²) in [6.07, 6.45) is 0.715. The summed E-state index contributed by atoms with van der Waals surface area (Å²) in [6, 6.07) is 5.32. The molecule has 12 heteroatoms. The Morgan fingerprint density at radius 1 is 1.39 bits per heavy atom. The third-order valence-corrected chi connectivity index (χ3v) is 7.70. The number of benzene rings is 2. The molecule has 1 saturated carbocycles.